The number of nitriles is 1. The second kappa shape index (κ2) is 11.8. The minimum absolute atomic E-state index is 0.00706. The van der Waals surface area contributed by atoms with Gasteiger partial charge in [-0.3, -0.25) is 4.79 Å². The second-order valence-corrected chi connectivity index (χ2v) is 8.95. The lowest BCUT2D eigenvalue weighted by Crippen LogP contribution is -2.15. The van der Waals surface area contributed by atoms with Crippen LogP contribution in [0, 0.1) is 17.1 Å². The highest BCUT2D eigenvalue weighted by Crippen LogP contribution is 2.38. The van der Waals surface area contributed by atoms with Crippen LogP contribution in [0.15, 0.2) is 90.0 Å². The smallest absolute Gasteiger partial charge is 0.417 e. The molecule has 0 saturated carbocycles. The molecule has 1 heterocycles. The van der Waals surface area contributed by atoms with Gasteiger partial charge in [0.25, 0.3) is 0 Å². The van der Waals surface area contributed by atoms with Crippen molar-refractivity contribution in [1.82, 2.24) is 4.98 Å². The van der Waals surface area contributed by atoms with E-state index >= 15 is 0 Å². The van der Waals surface area contributed by atoms with E-state index in [9.17, 15) is 27.6 Å². The lowest BCUT2D eigenvalue weighted by molar-refractivity contribution is -0.138. The fourth-order valence-corrected chi connectivity index (χ4v) is 4.23. The monoisotopic (exact) mass is 537 g/mol. The third kappa shape index (κ3) is 6.89. The number of carbonyl (C=O) groups excluding carboxylic acids is 1. The van der Waals surface area contributed by atoms with Gasteiger partial charge in [-0.15, -0.1) is 0 Å². The lowest BCUT2D eigenvalue weighted by Gasteiger charge is -2.14. The van der Waals surface area contributed by atoms with E-state index in [0.717, 1.165) is 23.4 Å². The number of rotatable bonds is 8. The molecule has 0 aliphatic rings. The van der Waals surface area contributed by atoms with Gasteiger partial charge in [0.05, 0.1) is 22.6 Å². The molecule has 1 amide bonds. The van der Waals surface area contributed by atoms with Gasteiger partial charge in [0.2, 0.25) is 5.91 Å². The Morgan fingerprint density at radius 3 is 2.32 bits per heavy atom. The van der Waals surface area contributed by atoms with E-state index in [4.69, 9.17) is 4.74 Å². The molecule has 192 valence electrons. The number of thioether (sulfide) groups is 1. The predicted octanol–water partition coefficient (Wildman–Crippen LogP) is 7.09. The van der Waals surface area contributed by atoms with Gasteiger partial charge in [-0.25, -0.2) is 9.37 Å². The van der Waals surface area contributed by atoms with Gasteiger partial charge >= 0.3 is 6.18 Å². The zero-order valence-corrected chi connectivity index (χ0v) is 20.4. The van der Waals surface area contributed by atoms with Gasteiger partial charge in [-0.05, 0) is 60.2 Å². The third-order valence-corrected chi connectivity index (χ3v) is 6.25. The fourth-order valence-electron chi connectivity index (χ4n) is 3.43. The number of benzene rings is 3. The largest absolute Gasteiger partial charge is 0.489 e. The van der Waals surface area contributed by atoms with Crippen LogP contribution in [0.2, 0.25) is 0 Å². The van der Waals surface area contributed by atoms with Crippen LogP contribution in [0.4, 0.5) is 23.2 Å². The van der Waals surface area contributed by atoms with Crippen LogP contribution >= 0.6 is 11.8 Å². The number of alkyl halides is 3. The van der Waals surface area contributed by atoms with Crippen molar-refractivity contribution in [3.8, 4) is 23.1 Å². The van der Waals surface area contributed by atoms with Crippen molar-refractivity contribution in [3.05, 3.63) is 107 Å². The molecule has 3 aromatic carbocycles. The topological polar surface area (TPSA) is 75.0 Å². The molecular formula is C28H19F4N3O2S. The van der Waals surface area contributed by atoms with Crippen LogP contribution in [0.5, 0.6) is 5.75 Å². The highest BCUT2D eigenvalue weighted by Gasteiger charge is 2.36. The minimum atomic E-state index is -4.80. The van der Waals surface area contributed by atoms with Gasteiger partial charge in [-0.2, -0.15) is 18.4 Å². The van der Waals surface area contributed by atoms with E-state index in [-0.39, 0.29) is 28.9 Å². The predicted molar refractivity (Wildman–Crippen MR) is 136 cm³/mol. The van der Waals surface area contributed by atoms with E-state index in [2.05, 4.69) is 10.3 Å². The maximum Gasteiger partial charge on any atom is 0.417 e. The summed E-state index contributed by atoms with van der Waals surface area (Å²) in [5.74, 6) is -0.600. The van der Waals surface area contributed by atoms with E-state index in [0.29, 0.717) is 17.0 Å². The Labute approximate surface area is 220 Å². The first kappa shape index (κ1) is 26.7. The molecule has 0 spiro atoms. The summed E-state index contributed by atoms with van der Waals surface area (Å²) in [6.45, 7) is 0.179. The van der Waals surface area contributed by atoms with Crippen LogP contribution < -0.4 is 10.1 Å². The summed E-state index contributed by atoms with van der Waals surface area (Å²) < 4.78 is 60.2. The minimum Gasteiger partial charge on any atom is -0.489 e. The summed E-state index contributed by atoms with van der Waals surface area (Å²) in [7, 11) is 0. The number of nitrogens with zero attached hydrogens (tertiary/aromatic N) is 2. The quantitative estimate of drug-likeness (QED) is 0.192. The Bertz CT molecular complexity index is 1450. The molecular weight excluding hydrogens is 518 g/mol. The molecule has 0 atom stereocenters. The average molecular weight is 538 g/mol. The molecule has 4 rings (SSSR count). The molecule has 1 N–H and O–H groups in total. The summed E-state index contributed by atoms with van der Waals surface area (Å²) in [5.41, 5.74) is -0.127. The molecule has 5 nitrogen and oxygen atoms in total. The van der Waals surface area contributed by atoms with E-state index in [1.807, 2.05) is 0 Å². The normalized spacial score (nSPS) is 11.0. The Balaban J connectivity index is 1.55. The molecule has 0 aliphatic heterocycles. The van der Waals surface area contributed by atoms with Crippen LogP contribution in [0.1, 0.15) is 16.7 Å². The maximum absolute atomic E-state index is 13.8. The van der Waals surface area contributed by atoms with Gasteiger partial charge in [-0.1, -0.05) is 42.1 Å². The number of halogens is 4. The molecule has 10 heteroatoms. The molecule has 0 bridgehead atoms. The first-order valence-corrected chi connectivity index (χ1v) is 12.2. The van der Waals surface area contributed by atoms with E-state index in [1.54, 1.807) is 72.8 Å². The molecule has 4 aromatic rings. The Hall–Kier alpha value is -4.36. The van der Waals surface area contributed by atoms with E-state index < -0.39 is 23.2 Å². The number of aromatic nitrogens is 1. The Kier molecular flexibility index (Phi) is 8.28. The number of hydrogen-bond acceptors (Lipinski definition) is 5. The molecule has 1 aromatic heterocycles. The Morgan fingerprint density at radius 1 is 1.00 bits per heavy atom. The molecule has 0 unspecified atom stereocenters. The van der Waals surface area contributed by atoms with E-state index in [1.165, 1.54) is 12.1 Å². The molecule has 0 fully saturated rings. The van der Waals surface area contributed by atoms with Crippen molar-refractivity contribution in [3.63, 3.8) is 0 Å². The summed E-state index contributed by atoms with van der Waals surface area (Å²) >= 11 is 0.751. The fraction of sp³-hybridized carbons (Fsp3) is 0.107. The highest BCUT2D eigenvalue weighted by atomic mass is 32.2. The zero-order chi connectivity index (χ0) is 27.1. The number of para-hydroxylation sites is 1. The molecule has 38 heavy (non-hydrogen) atoms. The Morgan fingerprint density at radius 2 is 1.68 bits per heavy atom. The average Bonchev–Trinajstić information content (AvgIpc) is 2.91. The number of ether oxygens (including phenoxy) is 1. The number of amides is 1. The van der Waals surface area contributed by atoms with Crippen LogP contribution in [-0.4, -0.2) is 16.6 Å². The van der Waals surface area contributed by atoms with Crippen LogP contribution in [-0.2, 0) is 17.6 Å². The van der Waals surface area contributed by atoms with Gasteiger partial charge in [0.1, 0.15) is 29.3 Å². The lowest BCUT2D eigenvalue weighted by atomic mass is 10.1. The van der Waals surface area contributed by atoms with Gasteiger partial charge in [0, 0.05) is 11.3 Å². The van der Waals surface area contributed by atoms with Crippen molar-refractivity contribution < 1.29 is 27.1 Å². The first-order valence-electron chi connectivity index (χ1n) is 11.2. The van der Waals surface area contributed by atoms with Crippen LogP contribution in [0.25, 0.3) is 11.3 Å². The number of hydrogen-bond donors (Lipinski definition) is 1. The van der Waals surface area contributed by atoms with Crippen molar-refractivity contribution in [2.24, 2.45) is 0 Å². The highest BCUT2D eigenvalue weighted by molar-refractivity contribution is 8.00. The first-order chi connectivity index (χ1) is 18.2. The summed E-state index contributed by atoms with van der Waals surface area (Å²) in [6, 6.07) is 23.1. The number of pyridine rings is 1. The van der Waals surface area contributed by atoms with Crippen LogP contribution in [0.3, 0.4) is 0 Å². The van der Waals surface area contributed by atoms with Gasteiger partial charge in [0.15, 0.2) is 0 Å². The third-order valence-electron chi connectivity index (χ3n) is 5.27. The summed E-state index contributed by atoms with van der Waals surface area (Å²) in [4.78, 5) is 16.6. The number of carbonyl (C=O) groups is 1. The van der Waals surface area contributed by atoms with Crippen molar-refractivity contribution in [2.75, 3.05) is 11.1 Å². The SMILES string of the molecule is N#Cc1c(C(F)(F)F)cc(-c2ccc(OCc3ccc(F)cc3)cc2)nc1SCC(=O)Nc1ccccc1. The van der Waals surface area contributed by atoms with Gasteiger partial charge < -0.3 is 10.1 Å². The summed E-state index contributed by atoms with van der Waals surface area (Å²) in [5, 5.41) is 11.9. The molecule has 0 aliphatic carbocycles. The molecule has 0 radical (unpaired) electrons. The number of anilines is 1. The standard InChI is InChI=1S/C28H19F4N3O2S/c29-20-10-6-18(7-11-20)16-37-22-12-8-19(9-13-22)25-14-24(28(30,31)32)23(15-33)27(35-25)38-17-26(36)34-21-4-2-1-3-5-21/h1-14H,16-17H2,(H,34,36). The number of nitrogens with one attached hydrogen (secondary N) is 1. The second-order valence-electron chi connectivity index (χ2n) is 7.99. The summed E-state index contributed by atoms with van der Waals surface area (Å²) in [6.07, 6.45) is -4.80. The van der Waals surface area contributed by atoms with Crippen molar-refractivity contribution in [2.45, 2.75) is 17.8 Å². The van der Waals surface area contributed by atoms with Crippen molar-refractivity contribution in [1.29, 1.82) is 5.26 Å². The molecule has 0 saturated heterocycles. The maximum atomic E-state index is 13.8. The van der Waals surface area contributed by atoms with Crippen molar-refractivity contribution >= 4 is 23.4 Å². The zero-order valence-electron chi connectivity index (χ0n) is 19.6.